The Morgan fingerprint density at radius 1 is 1.17 bits per heavy atom. The van der Waals surface area contributed by atoms with Gasteiger partial charge >= 0.3 is 0 Å². The van der Waals surface area contributed by atoms with Crippen molar-refractivity contribution in [1.29, 1.82) is 5.26 Å². The van der Waals surface area contributed by atoms with Crippen molar-refractivity contribution in [3.05, 3.63) is 76.8 Å². The van der Waals surface area contributed by atoms with Gasteiger partial charge < -0.3 is 14.8 Å². The van der Waals surface area contributed by atoms with E-state index in [4.69, 9.17) is 0 Å². The summed E-state index contributed by atoms with van der Waals surface area (Å²) >= 11 is 0. The minimum Gasteiger partial charge on any atom is -0.319 e. The zero-order valence-electron chi connectivity index (χ0n) is 19.4. The summed E-state index contributed by atoms with van der Waals surface area (Å²) in [5.41, 5.74) is 2.07. The van der Waals surface area contributed by atoms with Crippen molar-refractivity contribution in [1.82, 2.24) is 9.55 Å². The molecule has 8 heteroatoms. The van der Waals surface area contributed by atoms with E-state index >= 15 is 0 Å². The van der Waals surface area contributed by atoms with Crippen LogP contribution in [0, 0.1) is 22.7 Å². The van der Waals surface area contributed by atoms with Gasteiger partial charge in [-0.2, -0.15) is 5.26 Å². The number of pyridine rings is 2. The molecule has 176 valence electrons. The van der Waals surface area contributed by atoms with E-state index in [0.29, 0.717) is 24.5 Å². The smallest absolute Gasteiger partial charge is 0.250 e. The van der Waals surface area contributed by atoms with Crippen molar-refractivity contribution >= 4 is 23.3 Å². The maximum Gasteiger partial charge on any atom is 0.250 e. The Hall–Kier alpha value is -4.25. The SMILES string of the molecule is Cn1ccc(-c2cccc(CC(=O)Nc3cc(N4CC[C@@](C#N)(C5CC5)C4=O)ccn3)c2)cc1=O. The highest BCUT2D eigenvalue weighted by atomic mass is 16.2. The van der Waals surface area contributed by atoms with Gasteiger partial charge in [0.2, 0.25) is 11.8 Å². The van der Waals surface area contributed by atoms with E-state index < -0.39 is 5.41 Å². The molecule has 1 saturated carbocycles. The third-order valence-corrected chi connectivity index (χ3v) is 6.88. The molecule has 0 bridgehead atoms. The van der Waals surface area contributed by atoms with Gasteiger partial charge in [0.1, 0.15) is 11.2 Å². The molecule has 2 aliphatic rings. The van der Waals surface area contributed by atoms with Crippen LogP contribution in [0.2, 0.25) is 0 Å². The Balaban J connectivity index is 1.28. The first-order valence-corrected chi connectivity index (χ1v) is 11.6. The first-order valence-electron chi connectivity index (χ1n) is 11.6. The fraction of sp³-hybridized carbons (Fsp3) is 0.296. The predicted octanol–water partition coefficient (Wildman–Crippen LogP) is 3.29. The number of benzene rings is 1. The second-order valence-electron chi connectivity index (χ2n) is 9.25. The van der Waals surface area contributed by atoms with Gasteiger partial charge in [-0.05, 0) is 54.0 Å². The number of aromatic nitrogens is 2. The number of nitriles is 1. The fourth-order valence-corrected chi connectivity index (χ4v) is 4.75. The number of anilines is 2. The van der Waals surface area contributed by atoms with Gasteiger partial charge in [0, 0.05) is 43.8 Å². The van der Waals surface area contributed by atoms with Crippen LogP contribution in [0.4, 0.5) is 11.5 Å². The molecular formula is C27H25N5O3. The molecule has 0 unspecified atom stereocenters. The molecule has 3 aromatic rings. The van der Waals surface area contributed by atoms with Crippen LogP contribution in [-0.4, -0.2) is 27.9 Å². The molecule has 5 rings (SSSR count). The number of carbonyl (C=O) groups is 2. The first kappa shape index (κ1) is 22.5. The number of nitrogens with zero attached hydrogens (tertiary/aromatic N) is 4. The number of nitrogens with one attached hydrogen (secondary N) is 1. The Bertz CT molecular complexity index is 1420. The van der Waals surface area contributed by atoms with Crippen molar-refractivity contribution in [2.24, 2.45) is 18.4 Å². The van der Waals surface area contributed by atoms with E-state index in [9.17, 15) is 19.6 Å². The molecule has 35 heavy (non-hydrogen) atoms. The maximum atomic E-state index is 13.1. The summed E-state index contributed by atoms with van der Waals surface area (Å²) in [6.07, 6.45) is 5.78. The maximum absolute atomic E-state index is 13.1. The van der Waals surface area contributed by atoms with Gasteiger partial charge in [-0.15, -0.1) is 0 Å². The largest absolute Gasteiger partial charge is 0.319 e. The van der Waals surface area contributed by atoms with E-state index in [0.717, 1.165) is 29.5 Å². The molecule has 1 atom stereocenters. The second-order valence-corrected chi connectivity index (χ2v) is 9.25. The molecule has 1 aromatic carbocycles. The first-order chi connectivity index (χ1) is 16.9. The minimum atomic E-state index is -0.916. The highest BCUT2D eigenvalue weighted by molar-refractivity contribution is 6.02. The van der Waals surface area contributed by atoms with Crippen LogP contribution in [-0.2, 0) is 23.1 Å². The van der Waals surface area contributed by atoms with Crippen molar-refractivity contribution < 1.29 is 9.59 Å². The molecule has 0 spiro atoms. The quantitative estimate of drug-likeness (QED) is 0.599. The van der Waals surface area contributed by atoms with E-state index in [1.165, 1.54) is 4.57 Å². The zero-order valence-corrected chi connectivity index (χ0v) is 19.4. The number of amides is 2. The molecule has 3 heterocycles. The van der Waals surface area contributed by atoms with E-state index in [1.807, 2.05) is 30.3 Å². The Labute approximate surface area is 202 Å². The highest BCUT2D eigenvalue weighted by Crippen LogP contribution is 2.51. The van der Waals surface area contributed by atoms with Crippen LogP contribution in [0.15, 0.2) is 65.7 Å². The molecule has 1 N–H and O–H groups in total. The van der Waals surface area contributed by atoms with E-state index in [2.05, 4.69) is 16.4 Å². The summed E-state index contributed by atoms with van der Waals surface area (Å²) in [5, 5.41) is 12.5. The number of hydrogen-bond donors (Lipinski definition) is 1. The molecule has 2 amide bonds. The lowest BCUT2D eigenvalue weighted by molar-refractivity contribution is -0.123. The minimum absolute atomic E-state index is 0.0998. The summed E-state index contributed by atoms with van der Waals surface area (Å²) in [7, 11) is 1.70. The summed E-state index contributed by atoms with van der Waals surface area (Å²) in [5.74, 6) is 0.107. The molecule has 0 radical (unpaired) electrons. The predicted molar refractivity (Wildman–Crippen MR) is 131 cm³/mol. The van der Waals surface area contributed by atoms with Gasteiger partial charge in [0.15, 0.2) is 0 Å². The topological polar surface area (TPSA) is 108 Å². The number of aryl methyl sites for hydroxylation is 1. The third-order valence-electron chi connectivity index (χ3n) is 6.88. The molecule has 8 nitrogen and oxygen atoms in total. The number of carbonyl (C=O) groups excluding carboxylic acids is 2. The summed E-state index contributed by atoms with van der Waals surface area (Å²) in [4.78, 5) is 43.6. The van der Waals surface area contributed by atoms with Crippen molar-refractivity contribution in [3.8, 4) is 17.2 Å². The number of hydrogen-bond acceptors (Lipinski definition) is 5. The van der Waals surface area contributed by atoms with Gasteiger partial charge in [-0.3, -0.25) is 14.4 Å². The monoisotopic (exact) mass is 467 g/mol. The lowest BCUT2D eigenvalue weighted by Gasteiger charge is -2.21. The third kappa shape index (κ3) is 4.33. The molecule has 1 aliphatic heterocycles. The average Bonchev–Trinajstić information content (AvgIpc) is 3.65. The van der Waals surface area contributed by atoms with Crippen LogP contribution in [0.5, 0.6) is 0 Å². The fourth-order valence-electron chi connectivity index (χ4n) is 4.75. The van der Waals surface area contributed by atoms with Crippen LogP contribution >= 0.6 is 0 Å². The highest BCUT2D eigenvalue weighted by Gasteiger charge is 2.56. The van der Waals surface area contributed by atoms with Crippen molar-refractivity contribution in [3.63, 3.8) is 0 Å². The van der Waals surface area contributed by atoms with Gasteiger partial charge in [0.05, 0.1) is 12.5 Å². The molecule has 2 aromatic heterocycles. The lowest BCUT2D eigenvalue weighted by atomic mass is 9.83. The molecular weight excluding hydrogens is 442 g/mol. The summed E-state index contributed by atoms with van der Waals surface area (Å²) in [6.45, 7) is 0.482. The zero-order chi connectivity index (χ0) is 24.6. The van der Waals surface area contributed by atoms with Gasteiger partial charge in [0.25, 0.3) is 5.56 Å². The Morgan fingerprint density at radius 3 is 2.71 bits per heavy atom. The number of rotatable bonds is 6. The van der Waals surface area contributed by atoms with E-state index in [-0.39, 0.29) is 29.7 Å². The molecule has 1 aliphatic carbocycles. The van der Waals surface area contributed by atoms with Crippen LogP contribution < -0.4 is 15.8 Å². The summed E-state index contributed by atoms with van der Waals surface area (Å²) < 4.78 is 1.50. The summed E-state index contributed by atoms with van der Waals surface area (Å²) in [6, 6.07) is 16.6. The van der Waals surface area contributed by atoms with Crippen LogP contribution in [0.1, 0.15) is 24.8 Å². The van der Waals surface area contributed by atoms with Crippen molar-refractivity contribution in [2.45, 2.75) is 25.7 Å². The van der Waals surface area contributed by atoms with Gasteiger partial charge in [-0.25, -0.2) is 4.98 Å². The normalized spacial score (nSPS) is 19.4. The standard InChI is InChI=1S/C27H25N5O3/c1-31-11-8-20(15-25(31)34)19-4-2-3-18(13-19)14-24(33)30-23-16-22(7-10-29-23)32-12-9-27(17-28,26(32)35)21-5-6-21/h2-4,7-8,10-11,13,15-16,21H,5-6,9,12,14H2,1H3,(H,29,30,33)/t27-/m1/s1. The Morgan fingerprint density at radius 2 is 1.97 bits per heavy atom. The molecule has 2 fully saturated rings. The average molecular weight is 468 g/mol. The van der Waals surface area contributed by atoms with Crippen LogP contribution in [0.25, 0.3) is 11.1 Å². The lowest BCUT2D eigenvalue weighted by Crippen LogP contribution is -2.35. The molecule has 1 saturated heterocycles. The van der Waals surface area contributed by atoms with Gasteiger partial charge in [-0.1, -0.05) is 24.3 Å². The second kappa shape index (κ2) is 8.84. The van der Waals surface area contributed by atoms with E-state index in [1.54, 1.807) is 42.5 Å². The Kier molecular flexibility index (Phi) is 5.69. The van der Waals surface area contributed by atoms with Crippen molar-refractivity contribution in [2.75, 3.05) is 16.8 Å². The van der Waals surface area contributed by atoms with Crippen LogP contribution in [0.3, 0.4) is 0 Å².